The molecule has 0 fully saturated rings. The Morgan fingerprint density at radius 2 is 2.27 bits per heavy atom. The van der Waals surface area contributed by atoms with Gasteiger partial charge >= 0.3 is 7.12 Å². The van der Waals surface area contributed by atoms with E-state index < -0.39 is 7.12 Å². The number of hydrogen-bond acceptors (Lipinski definition) is 3. The number of amides is 1. The van der Waals surface area contributed by atoms with Gasteiger partial charge in [-0.05, 0) is 17.6 Å². The van der Waals surface area contributed by atoms with E-state index in [0.29, 0.717) is 17.6 Å². The number of carbonyl (C=O) groups is 1. The van der Waals surface area contributed by atoms with Gasteiger partial charge in [-0.25, -0.2) is 0 Å². The molecule has 0 heterocycles. The molecule has 0 aromatic heterocycles. The molecule has 0 spiro atoms. The molecule has 0 saturated heterocycles. The monoisotopic (exact) mass is 205 g/mol. The van der Waals surface area contributed by atoms with E-state index in [1.54, 1.807) is 18.2 Å². The fraction of sp³-hybridized carbons (Fsp3) is 0.100. The van der Waals surface area contributed by atoms with Crippen molar-refractivity contribution in [2.24, 2.45) is 0 Å². The van der Waals surface area contributed by atoms with Crippen LogP contribution in [0.1, 0.15) is 10.4 Å². The Morgan fingerprint density at radius 1 is 1.53 bits per heavy atom. The minimum atomic E-state index is -1.56. The van der Waals surface area contributed by atoms with Crippen LogP contribution in [0.5, 0.6) is 0 Å². The van der Waals surface area contributed by atoms with Crippen LogP contribution in [-0.4, -0.2) is 29.6 Å². The molecule has 3 N–H and O–H groups in total. The Labute approximate surface area is 88.4 Å². The third-order valence-corrected chi connectivity index (χ3v) is 1.85. The Hall–Kier alpha value is -1.59. The zero-order chi connectivity index (χ0) is 11.3. The zero-order valence-corrected chi connectivity index (χ0v) is 8.18. The molecule has 78 valence electrons. The highest BCUT2D eigenvalue weighted by atomic mass is 16.4. The van der Waals surface area contributed by atoms with E-state index in [1.807, 2.05) is 0 Å². The first kappa shape index (κ1) is 11.5. The molecule has 15 heavy (non-hydrogen) atoms. The third-order valence-electron chi connectivity index (χ3n) is 1.85. The first-order valence-electron chi connectivity index (χ1n) is 4.50. The molecule has 1 rings (SSSR count). The van der Waals surface area contributed by atoms with Crippen molar-refractivity contribution in [3.63, 3.8) is 0 Å². The summed E-state index contributed by atoms with van der Waals surface area (Å²) in [5.74, 6) is -0.266. The fourth-order valence-electron chi connectivity index (χ4n) is 1.11. The molecule has 0 aliphatic heterocycles. The van der Waals surface area contributed by atoms with Crippen LogP contribution < -0.4 is 10.8 Å². The van der Waals surface area contributed by atoms with Gasteiger partial charge in [0.1, 0.15) is 0 Å². The zero-order valence-electron chi connectivity index (χ0n) is 8.18. The van der Waals surface area contributed by atoms with Crippen molar-refractivity contribution in [2.75, 3.05) is 6.54 Å². The lowest BCUT2D eigenvalue weighted by molar-refractivity contribution is 0.0958. The van der Waals surface area contributed by atoms with Crippen LogP contribution >= 0.6 is 0 Å². The van der Waals surface area contributed by atoms with Crippen molar-refractivity contribution in [1.82, 2.24) is 5.32 Å². The van der Waals surface area contributed by atoms with Crippen molar-refractivity contribution >= 4 is 18.5 Å². The summed E-state index contributed by atoms with van der Waals surface area (Å²) in [4.78, 5) is 11.5. The van der Waals surface area contributed by atoms with Crippen molar-refractivity contribution in [3.05, 3.63) is 42.5 Å². The van der Waals surface area contributed by atoms with Gasteiger partial charge in [0.2, 0.25) is 0 Å². The molecule has 0 unspecified atom stereocenters. The first-order chi connectivity index (χ1) is 7.15. The molecule has 0 bridgehead atoms. The van der Waals surface area contributed by atoms with E-state index in [-0.39, 0.29) is 5.91 Å². The predicted molar refractivity (Wildman–Crippen MR) is 58.8 cm³/mol. The lowest BCUT2D eigenvalue weighted by atomic mass is 9.79. The van der Waals surface area contributed by atoms with Crippen LogP contribution in [0.15, 0.2) is 36.9 Å². The van der Waals surface area contributed by atoms with Crippen molar-refractivity contribution < 1.29 is 14.8 Å². The Balaban J connectivity index is 2.80. The molecule has 4 nitrogen and oxygen atoms in total. The lowest BCUT2D eigenvalue weighted by Crippen LogP contribution is -2.31. The van der Waals surface area contributed by atoms with E-state index in [9.17, 15) is 4.79 Å². The Kier molecular flexibility index (Phi) is 4.09. The van der Waals surface area contributed by atoms with Gasteiger partial charge in [-0.2, -0.15) is 0 Å². The first-order valence-corrected chi connectivity index (χ1v) is 4.50. The Bertz CT molecular complexity index is 365. The second-order valence-corrected chi connectivity index (χ2v) is 3.00. The average Bonchev–Trinajstić information content (AvgIpc) is 2.26. The van der Waals surface area contributed by atoms with Crippen LogP contribution in [0.3, 0.4) is 0 Å². The normalized spacial score (nSPS) is 9.47. The molecule has 0 aliphatic rings. The molecule has 0 atom stereocenters. The largest absolute Gasteiger partial charge is 0.488 e. The van der Waals surface area contributed by atoms with Gasteiger partial charge in [0.05, 0.1) is 0 Å². The van der Waals surface area contributed by atoms with Crippen molar-refractivity contribution in [1.29, 1.82) is 0 Å². The number of benzene rings is 1. The van der Waals surface area contributed by atoms with Gasteiger partial charge in [-0.1, -0.05) is 18.2 Å². The molecule has 0 aliphatic carbocycles. The molecular weight excluding hydrogens is 193 g/mol. The molecule has 0 radical (unpaired) electrons. The van der Waals surface area contributed by atoms with E-state index in [2.05, 4.69) is 11.9 Å². The van der Waals surface area contributed by atoms with Gasteiger partial charge in [-0.15, -0.1) is 6.58 Å². The predicted octanol–water partition coefficient (Wildman–Crippen LogP) is -0.718. The minimum Gasteiger partial charge on any atom is -0.423 e. The van der Waals surface area contributed by atoms with Crippen LogP contribution in [0, 0.1) is 0 Å². The standard InChI is InChI=1S/C10H12BNO3/c1-2-6-12-10(13)8-4-3-5-9(7-8)11(14)15/h2-5,7,14-15H,1,6H2,(H,12,13). The highest BCUT2D eigenvalue weighted by Crippen LogP contribution is 1.96. The summed E-state index contributed by atoms with van der Waals surface area (Å²) in [6, 6.07) is 6.17. The van der Waals surface area contributed by atoms with Gasteiger partial charge in [0, 0.05) is 12.1 Å². The van der Waals surface area contributed by atoms with E-state index in [1.165, 1.54) is 12.1 Å². The number of nitrogens with one attached hydrogen (secondary N) is 1. The summed E-state index contributed by atoms with van der Waals surface area (Å²) in [5, 5.41) is 20.4. The van der Waals surface area contributed by atoms with E-state index >= 15 is 0 Å². The molecular formula is C10H12BNO3. The second kappa shape index (κ2) is 5.33. The second-order valence-electron chi connectivity index (χ2n) is 3.00. The average molecular weight is 205 g/mol. The summed E-state index contributed by atoms with van der Waals surface area (Å²) < 4.78 is 0. The van der Waals surface area contributed by atoms with Gasteiger partial charge in [-0.3, -0.25) is 4.79 Å². The van der Waals surface area contributed by atoms with Crippen molar-refractivity contribution in [2.45, 2.75) is 0 Å². The molecule has 1 aromatic carbocycles. The highest BCUT2D eigenvalue weighted by Gasteiger charge is 2.12. The SMILES string of the molecule is C=CCNC(=O)c1cccc(B(O)O)c1. The maximum absolute atomic E-state index is 11.5. The third kappa shape index (κ3) is 3.23. The lowest BCUT2D eigenvalue weighted by Gasteiger charge is -2.04. The maximum atomic E-state index is 11.5. The number of carbonyl (C=O) groups excluding carboxylic acids is 1. The summed E-state index contributed by atoms with van der Waals surface area (Å²) >= 11 is 0. The molecule has 1 aromatic rings. The fourth-order valence-corrected chi connectivity index (χ4v) is 1.11. The summed E-state index contributed by atoms with van der Waals surface area (Å²) in [5.41, 5.74) is 0.684. The van der Waals surface area contributed by atoms with Crippen LogP contribution in [0.25, 0.3) is 0 Å². The molecule has 1 amide bonds. The highest BCUT2D eigenvalue weighted by molar-refractivity contribution is 6.58. The van der Waals surface area contributed by atoms with E-state index in [0.717, 1.165) is 0 Å². The minimum absolute atomic E-state index is 0.266. The van der Waals surface area contributed by atoms with Crippen LogP contribution in [-0.2, 0) is 0 Å². The number of hydrogen-bond donors (Lipinski definition) is 3. The smallest absolute Gasteiger partial charge is 0.423 e. The van der Waals surface area contributed by atoms with E-state index in [4.69, 9.17) is 10.0 Å². The van der Waals surface area contributed by atoms with Gasteiger partial charge in [0.15, 0.2) is 0 Å². The van der Waals surface area contributed by atoms with Gasteiger partial charge < -0.3 is 15.4 Å². The van der Waals surface area contributed by atoms with Crippen LogP contribution in [0.2, 0.25) is 0 Å². The van der Waals surface area contributed by atoms with Gasteiger partial charge in [0.25, 0.3) is 5.91 Å². The summed E-state index contributed by atoms with van der Waals surface area (Å²) in [7, 11) is -1.56. The maximum Gasteiger partial charge on any atom is 0.488 e. The number of rotatable bonds is 4. The van der Waals surface area contributed by atoms with Crippen LogP contribution in [0.4, 0.5) is 0 Å². The molecule has 0 saturated carbocycles. The summed E-state index contributed by atoms with van der Waals surface area (Å²) in [6.07, 6.45) is 1.57. The topological polar surface area (TPSA) is 69.6 Å². The summed E-state index contributed by atoms with van der Waals surface area (Å²) in [6.45, 7) is 3.86. The Morgan fingerprint density at radius 3 is 2.87 bits per heavy atom. The van der Waals surface area contributed by atoms with Crippen molar-refractivity contribution in [3.8, 4) is 0 Å². The molecule has 5 heteroatoms. The quantitative estimate of drug-likeness (QED) is 0.448.